The number of aromatic amines is 1. The second kappa shape index (κ2) is 6.46. The summed E-state index contributed by atoms with van der Waals surface area (Å²) in [6.07, 6.45) is 1.70. The summed E-state index contributed by atoms with van der Waals surface area (Å²) in [6.45, 7) is 1.88. The average Bonchev–Trinajstić information content (AvgIpc) is 3.06. The van der Waals surface area contributed by atoms with E-state index in [9.17, 15) is 10.1 Å². The summed E-state index contributed by atoms with van der Waals surface area (Å²) >= 11 is 0. The van der Waals surface area contributed by atoms with E-state index in [-0.39, 0.29) is 11.1 Å². The first-order chi connectivity index (χ1) is 13.1. The fourth-order valence-electron chi connectivity index (χ4n) is 3.05. The molecule has 1 N–H and O–H groups in total. The Morgan fingerprint density at radius 2 is 1.96 bits per heavy atom. The van der Waals surface area contributed by atoms with Crippen molar-refractivity contribution in [3.05, 3.63) is 76.5 Å². The van der Waals surface area contributed by atoms with Gasteiger partial charge in [-0.05, 0) is 37.3 Å². The molecule has 6 heteroatoms. The number of nitriles is 1. The molecule has 0 fully saturated rings. The minimum Gasteiger partial charge on any atom is -0.454 e. The predicted molar refractivity (Wildman–Crippen MR) is 103 cm³/mol. The van der Waals surface area contributed by atoms with Crippen molar-refractivity contribution in [1.82, 2.24) is 14.5 Å². The summed E-state index contributed by atoms with van der Waals surface area (Å²) in [5, 5.41) is 9.28. The van der Waals surface area contributed by atoms with E-state index in [0.29, 0.717) is 22.6 Å². The van der Waals surface area contributed by atoms with Gasteiger partial charge in [0.25, 0.3) is 5.56 Å². The van der Waals surface area contributed by atoms with E-state index >= 15 is 0 Å². The minimum absolute atomic E-state index is 0.0824. The minimum atomic E-state index is -0.330. The molecule has 132 valence electrons. The third-order valence-corrected chi connectivity index (χ3v) is 4.30. The predicted octanol–water partition coefficient (Wildman–Crippen LogP) is 3.90. The van der Waals surface area contributed by atoms with Crippen LogP contribution in [0.3, 0.4) is 0 Å². The van der Waals surface area contributed by atoms with E-state index < -0.39 is 0 Å². The zero-order valence-corrected chi connectivity index (χ0v) is 14.9. The summed E-state index contributed by atoms with van der Waals surface area (Å²) in [5.74, 6) is 2.03. The van der Waals surface area contributed by atoms with E-state index in [1.165, 1.54) is 4.57 Å². The van der Waals surface area contributed by atoms with Crippen molar-refractivity contribution >= 4 is 11.0 Å². The Balaban J connectivity index is 1.98. The lowest BCUT2D eigenvalue weighted by atomic mass is 10.0. The highest BCUT2D eigenvalue weighted by atomic mass is 16.5. The summed E-state index contributed by atoms with van der Waals surface area (Å²) in [7, 11) is 1.63. The zero-order valence-electron chi connectivity index (χ0n) is 14.9. The third-order valence-electron chi connectivity index (χ3n) is 4.30. The molecule has 2 heterocycles. The molecule has 4 aromatic rings. The van der Waals surface area contributed by atoms with Gasteiger partial charge in [0, 0.05) is 24.4 Å². The number of nitrogens with one attached hydrogen (secondary N) is 1. The Bertz CT molecular complexity index is 1250. The summed E-state index contributed by atoms with van der Waals surface area (Å²) in [4.78, 5) is 19.8. The van der Waals surface area contributed by atoms with Gasteiger partial charge in [0.15, 0.2) is 5.75 Å². The molecule has 6 nitrogen and oxygen atoms in total. The van der Waals surface area contributed by atoms with Gasteiger partial charge in [-0.25, -0.2) is 4.98 Å². The number of rotatable bonds is 3. The van der Waals surface area contributed by atoms with E-state index in [0.717, 1.165) is 16.9 Å². The van der Waals surface area contributed by atoms with Gasteiger partial charge < -0.3 is 14.3 Å². The van der Waals surface area contributed by atoms with Gasteiger partial charge in [0.1, 0.15) is 28.7 Å². The van der Waals surface area contributed by atoms with Crippen molar-refractivity contribution in [3.63, 3.8) is 0 Å². The lowest BCUT2D eigenvalue weighted by Gasteiger charge is -2.13. The Morgan fingerprint density at radius 3 is 2.70 bits per heavy atom. The molecule has 27 heavy (non-hydrogen) atoms. The molecule has 0 saturated carbocycles. The highest BCUT2D eigenvalue weighted by Crippen LogP contribution is 2.38. The molecule has 0 spiro atoms. The molecule has 0 aliphatic heterocycles. The van der Waals surface area contributed by atoms with Gasteiger partial charge in [-0.2, -0.15) is 5.26 Å². The molecule has 0 unspecified atom stereocenters. The molecule has 0 atom stereocenters. The molecule has 2 aromatic carbocycles. The topological polar surface area (TPSA) is 83.7 Å². The van der Waals surface area contributed by atoms with Crippen molar-refractivity contribution in [2.45, 2.75) is 6.92 Å². The molecule has 4 rings (SSSR count). The molecule has 0 saturated heterocycles. The SMILES string of the molecule is Cc1nc2c(Oc3ccccc3)c(-c3cc(C#N)c(=O)n(C)c3)ccc2[nH]1. The van der Waals surface area contributed by atoms with Crippen LogP contribution in [0.2, 0.25) is 0 Å². The van der Waals surface area contributed by atoms with Crippen LogP contribution in [0.15, 0.2) is 59.5 Å². The fourth-order valence-corrected chi connectivity index (χ4v) is 3.05. The summed E-state index contributed by atoms with van der Waals surface area (Å²) in [5.41, 5.74) is 2.77. The Kier molecular flexibility index (Phi) is 3.98. The van der Waals surface area contributed by atoms with E-state index in [2.05, 4.69) is 9.97 Å². The number of aromatic nitrogens is 3. The Hall–Kier alpha value is -3.85. The Labute approximate surface area is 155 Å². The van der Waals surface area contributed by atoms with Crippen molar-refractivity contribution in [1.29, 1.82) is 5.26 Å². The van der Waals surface area contributed by atoms with Gasteiger partial charge in [0.05, 0.1) is 5.52 Å². The van der Waals surface area contributed by atoms with Crippen LogP contribution in [0.25, 0.3) is 22.2 Å². The van der Waals surface area contributed by atoms with Crippen LogP contribution in [0, 0.1) is 18.3 Å². The van der Waals surface area contributed by atoms with Crippen molar-refractivity contribution < 1.29 is 4.74 Å². The molecule has 0 aliphatic carbocycles. The molecular formula is C21H16N4O2. The first kappa shape index (κ1) is 16.6. The van der Waals surface area contributed by atoms with Crippen molar-refractivity contribution in [2.75, 3.05) is 0 Å². The smallest absolute Gasteiger partial charge is 0.268 e. The number of ether oxygens (including phenoxy) is 1. The number of pyridine rings is 1. The molecule has 2 aromatic heterocycles. The van der Waals surface area contributed by atoms with Gasteiger partial charge >= 0.3 is 0 Å². The fraction of sp³-hybridized carbons (Fsp3) is 0.0952. The number of hydrogen-bond acceptors (Lipinski definition) is 4. The molecule has 0 radical (unpaired) electrons. The number of imidazole rings is 1. The van der Waals surface area contributed by atoms with Crippen molar-refractivity contribution in [3.8, 4) is 28.7 Å². The zero-order chi connectivity index (χ0) is 19.0. The van der Waals surface area contributed by atoms with Crippen LogP contribution in [-0.2, 0) is 7.05 Å². The maximum atomic E-state index is 12.1. The lowest BCUT2D eigenvalue weighted by molar-refractivity contribution is 0.489. The van der Waals surface area contributed by atoms with Gasteiger partial charge in [-0.15, -0.1) is 0 Å². The maximum Gasteiger partial charge on any atom is 0.268 e. The number of fused-ring (bicyclic) bond motifs is 1. The second-order valence-electron chi connectivity index (χ2n) is 6.25. The average molecular weight is 356 g/mol. The van der Waals surface area contributed by atoms with Crippen LogP contribution < -0.4 is 10.3 Å². The summed E-state index contributed by atoms with van der Waals surface area (Å²) in [6, 6.07) is 16.8. The quantitative estimate of drug-likeness (QED) is 0.603. The van der Waals surface area contributed by atoms with Gasteiger partial charge in [-0.1, -0.05) is 18.2 Å². The van der Waals surface area contributed by atoms with E-state index in [1.54, 1.807) is 19.3 Å². The first-order valence-corrected chi connectivity index (χ1v) is 8.40. The normalized spacial score (nSPS) is 10.7. The second-order valence-corrected chi connectivity index (χ2v) is 6.25. The Morgan fingerprint density at radius 1 is 1.19 bits per heavy atom. The molecule has 0 bridgehead atoms. The van der Waals surface area contributed by atoms with Gasteiger partial charge in [-0.3, -0.25) is 4.79 Å². The molecule has 0 aliphatic rings. The van der Waals surface area contributed by atoms with E-state index in [4.69, 9.17) is 4.74 Å². The largest absolute Gasteiger partial charge is 0.454 e. The number of aryl methyl sites for hydroxylation is 2. The number of benzene rings is 2. The van der Waals surface area contributed by atoms with Gasteiger partial charge in [0.2, 0.25) is 0 Å². The van der Waals surface area contributed by atoms with Crippen LogP contribution in [0.5, 0.6) is 11.5 Å². The molecular weight excluding hydrogens is 340 g/mol. The van der Waals surface area contributed by atoms with Crippen molar-refractivity contribution in [2.24, 2.45) is 7.05 Å². The summed E-state index contributed by atoms with van der Waals surface area (Å²) < 4.78 is 7.58. The van der Waals surface area contributed by atoms with Crippen LogP contribution >= 0.6 is 0 Å². The van der Waals surface area contributed by atoms with E-state index in [1.807, 2.05) is 55.5 Å². The number of hydrogen-bond donors (Lipinski definition) is 1. The first-order valence-electron chi connectivity index (χ1n) is 8.40. The highest BCUT2D eigenvalue weighted by molar-refractivity contribution is 5.91. The maximum absolute atomic E-state index is 12.1. The standard InChI is InChI=1S/C21H16N4O2/c1-13-23-18-9-8-17(15-10-14(11-22)21(26)25(2)12-15)20(19(18)24-13)27-16-6-4-3-5-7-16/h3-10,12H,1-2H3,(H,23,24). The number of para-hydroxylation sites is 1. The molecule has 0 amide bonds. The third kappa shape index (κ3) is 2.96. The van der Waals surface area contributed by atoms with Crippen LogP contribution in [0.4, 0.5) is 0 Å². The number of H-pyrrole nitrogens is 1. The highest BCUT2D eigenvalue weighted by Gasteiger charge is 2.17. The lowest BCUT2D eigenvalue weighted by Crippen LogP contribution is -2.19. The van der Waals surface area contributed by atoms with Crippen LogP contribution in [-0.4, -0.2) is 14.5 Å². The monoisotopic (exact) mass is 356 g/mol. The number of nitrogens with zero attached hydrogens (tertiary/aromatic N) is 3. The van der Waals surface area contributed by atoms with Crippen LogP contribution in [0.1, 0.15) is 11.4 Å².